The van der Waals surface area contributed by atoms with Gasteiger partial charge in [-0.25, -0.2) is 19.5 Å². The molecule has 0 radical (unpaired) electrons. The predicted molar refractivity (Wildman–Crippen MR) is 85.5 cm³/mol. The molecule has 0 saturated heterocycles. The molecule has 0 unspecified atom stereocenters. The topological polar surface area (TPSA) is 94.0 Å². The summed E-state index contributed by atoms with van der Waals surface area (Å²) in [6.07, 6.45) is 3.57. The lowest BCUT2D eigenvalue weighted by molar-refractivity contribution is 0.962. The average Bonchev–Trinajstić information content (AvgIpc) is 2.97. The highest BCUT2D eigenvalue weighted by Crippen LogP contribution is 2.26. The van der Waals surface area contributed by atoms with Crippen molar-refractivity contribution in [2.75, 3.05) is 18.1 Å². The lowest BCUT2D eigenvalue weighted by Gasteiger charge is -2.07. The largest absolute Gasteiger partial charge is 0.384 e. The zero-order valence-corrected chi connectivity index (χ0v) is 11.9. The van der Waals surface area contributed by atoms with E-state index in [1.807, 2.05) is 43.6 Å². The SMILES string of the molecule is CNc1nc(-c2nc3ccccn3n2)cc2cc(N)ncc12. The van der Waals surface area contributed by atoms with Gasteiger partial charge in [0.2, 0.25) is 5.82 Å². The van der Waals surface area contributed by atoms with Crippen molar-refractivity contribution in [3.63, 3.8) is 0 Å². The first-order chi connectivity index (χ1) is 10.7. The summed E-state index contributed by atoms with van der Waals surface area (Å²) in [6.45, 7) is 0. The molecule has 0 aliphatic heterocycles. The van der Waals surface area contributed by atoms with Gasteiger partial charge in [-0.15, -0.1) is 5.10 Å². The van der Waals surface area contributed by atoms with Crippen LogP contribution in [0.5, 0.6) is 0 Å². The maximum Gasteiger partial charge on any atom is 0.200 e. The molecule has 0 bridgehead atoms. The number of nitrogens with one attached hydrogen (secondary N) is 1. The summed E-state index contributed by atoms with van der Waals surface area (Å²) in [5.41, 5.74) is 7.24. The molecule has 108 valence electrons. The summed E-state index contributed by atoms with van der Waals surface area (Å²) in [7, 11) is 1.82. The Morgan fingerprint density at radius 3 is 2.91 bits per heavy atom. The quantitative estimate of drug-likeness (QED) is 0.586. The monoisotopic (exact) mass is 291 g/mol. The van der Waals surface area contributed by atoms with Crippen LogP contribution in [0.15, 0.2) is 42.7 Å². The number of hydrogen-bond donors (Lipinski definition) is 2. The van der Waals surface area contributed by atoms with Gasteiger partial charge >= 0.3 is 0 Å². The van der Waals surface area contributed by atoms with Crippen LogP contribution in [0.4, 0.5) is 11.6 Å². The minimum Gasteiger partial charge on any atom is -0.384 e. The molecule has 3 N–H and O–H groups in total. The van der Waals surface area contributed by atoms with Gasteiger partial charge in [0.15, 0.2) is 5.65 Å². The third-order valence-electron chi connectivity index (χ3n) is 3.44. The maximum atomic E-state index is 5.78. The number of hydrogen-bond acceptors (Lipinski definition) is 6. The van der Waals surface area contributed by atoms with E-state index in [1.165, 1.54) is 0 Å². The third-order valence-corrected chi connectivity index (χ3v) is 3.44. The molecule has 0 aliphatic rings. The van der Waals surface area contributed by atoms with Crippen LogP contribution in [0.3, 0.4) is 0 Å². The van der Waals surface area contributed by atoms with Gasteiger partial charge in [0.1, 0.15) is 17.3 Å². The standard InChI is InChI=1S/C15H13N7/c1-17-14-10-8-18-12(16)7-9(10)6-11(19-14)15-20-13-4-2-3-5-22(13)21-15/h2-8H,1H3,(H2,16,18)(H,17,19). The molecule has 7 heteroatoms. The zero-order chi connectivity index (χ0) is 15.1. The summed E-state index contributed by atoms with van der Waals surface area (Å²) in [5, 5.41) is 9.39. The highest BCUT2D eigenvalue weighted by molar-refractivity contribution is 5.94. The smallest absolute Gasteiger partial charge is 0.200 e. The second kappa shape index (κ2) is 4.66. The molecule has 0 aliphatic carbocycles. The van der Waals surface area contributed by atoms with Gasteiger partial charge in [0.05, 0.1) is 0 Å². The lowest BCUT2D eigenvalue weighted by Crippen LogP contribution is -1.98. The van der Waals surface area contributed by atoms with E-state index in [0.717, 1.165) is 22.2 Å². The van der Waals surface area contributed by atoms with Crippen molar-refractivity contribution in [3.05, 3.63) is 42.7 Å². The molecule has 0 amide bonds. The van der Waals surface area contributed by atoms with Gasteiger partial charge in [-0.2, -0.15) is 0 Å². The number of anilines is 2. The minimum atomic E-state index is 0.467. The summed E-state index contributed by atoms with van der Waals surface area (Å²) in [6, 6.07) is 9.47. The highest BCUT2D eigenvalue weighted by Gasteiger charge is 2.12. The molecule has 4 rings (SSSR count). The predicted octanol–water partition coefficient (Wildman–Crippen LogP) is 1.96. The Hall–Kier alpha value is -3.22. The molecule has 0 saturated carbocycles. The Morgan fingerprint density at radius 2 is 2.09 bits per heavy atom. The van der Waals surface area contributed by atoms with Gasteiger partial charge in [-0.3, -0.25) is 0 Å². The molecule has 4 aromatic rings. The van der Waals surface area contributed by atoms with Crippen LogP contribution in [0, 0.1) is 0 Å². The Balaban J connectivity index is 1.97. The van der Waals surface area contributed by atoms with Gasteiger partial charge in [-0.1, -0.05) is 6.07 Å². The van der Waals surface area contributed by atoms with Gasteiger partial charge in [-0.05, 0) is 29.7 Å². The number of nitrogens with two attached hydrogens (primary N) is 1. The number of rotatable bonds is 2. The van der Waals surface area contributed by atoms with E-state index in [9.17, 15) is 0 Å². The van der Waals surface area contributed by atoms with E-state index in [0.29, 0.717) is 17.3 Å². The van der Waals surface area contributed by atoms with E-state index in [4.69, 9.17) is 5.73 Å². The molecule has 4 heterocycles. The zero-order valence-electron chi connectivity index (χ0n) is 11.9. The molecule has 0 atom stereocenters. The number of fused-ring (bicyclic) bond motifs is 2. The lowest BCUT2D eigenvalue weighted by atomic mass is 10.1. The second-order valence-electron chi connectivity index (χ2n) is 4.88. The van der Waals surface area contributed by atoms with Gasteiger partial charge in [0.25, 0.3) is 0 Å². The molecule has 0 spiro atoms. The first-order valence-electron chi connectivity index (χ1n) is 6.80. The first-order valence-corrected chi connectivity index (χ1v) is 6.80. The average molecular weight is 291 g/mol. The summed E-state index contributed by atoms with van der Waals surface area (Å²) >= 11 is 0. The normalized spacial score (nSPS) is 11.1. The van der Waals surface area contributed by atoms with Crippen molar-refractivity contribution in [3.8, 4) is 11.5 Å². The molecule has 0 aromatic carbocycles. The van der Waals surface area contributed by atoms with Crippen LogP contribution in [0.2, 0.25) is 0 Å². The van der Waals surface area contributed by atoms with Crippen molar-refractivity contribution in [2.45, 2.75) is 0 Å². The van der Waals surface area contributed by atoms with Crippen LogP contribution < -0.4 is 11.1 Å². The fourth-order valence-electron chi connectivity index (χ4n) is 2.41. The molecular formula is C15H13N7. The van der Waals surface area contributed by atoms with E-state index >= 15 is 0 Å². The van der Waals surface area contributed by atoms with E-state index < -0.39 is 0 Å². The van der Waals surface area contributed by atoms with Crippen molar-refractivity contribution in [1.29, 1.82) is 0 Å². The Morgan fingerprint density at radius 1 is 1.18 bits per heavy atom. The van der Waals surface area contributed by atoms with Crippen molar-refractivity contribution < 1.29 is 0 Å². The number of nitrogen functional groups attached to an aromatic ring is 1. The Bertz CT molecular complexity index is 957. The summed E-state index contributed by atoms with van der Waals surface area (Å²) in [5.74, 6) is 1.76. The van der Waals surface area contributed by atoms with Crippen LogP contribution in [0.25, 0.3) is 27.9 Å². The fourth-order valence-corrected chi connectivity index (χ4v) is 2.41. The van der Waals surface area contributed by atoms with E-state index in [2.05, 4.69) is 25.4 Å². The molecule has 7 nitrogen and oxygen atoms in total. The van der Waals surface area contributed by atoms with Crippen molar-refractivity contribution >= 4 is 28.1 Å². The highest BCUT2D eigenvalue weighted by atomic mass is 15.3. The maximum absolute atomic E-state index is 5.78. The summed E-state index contributed by atoms with van der Waals surface area (Å²) in [4.78, 5) is 13.2. The molecule has 22 heavy (non-hydrogen) atoms. The van der Waals surface area contributed by atoms with Crippen LogP contribution >= 0.6 is 0 Å². The molecule has 4 aromatic heterocycles. The second-order valence-corrected chi connectivity index (χ2v) is 4.88. The third kappa shape index (κ3) is 1.91. The van der Waals surface area contributed by atoms with Gasteiger partial charge in [0, 0.05) is 24.8 Å². The number of aromatic nitrogens is 5. The fraction of sp³-hybridized carbons (Fsp3) is 0.0667. The van der Waals surface area contributed by atoms with Crippen molar-refractivity contribution in [2.24, 2.45) is 0 Å². The van der Waals surface area contributed by atoms with Crippen LogP contribution in [-0.4, -0.2) is 31.6 Å². The number of pyridine rings is 3. The summed E-state index contributed by atoms with van der Waals surface area (Å²) < 4.78 is 1.72. The van der Waals surface area contributed by atoms with E-state index in [1.54, 1.807) is 10.7 Å². The minimum absolute atomic E-state index is 0.467. The first kappa shape index (κ1) is 12.5. The van der Waals surface area contributed by atoms with Crippen LogP contribution in [-0.2, 0) is 0 Å². The van der Waals surface area contributed by atoms with Gasteiger partial charge < -0.3 is 11.1 Å². The molecule has 0 fully saturated rings. The Labute approximate surface area is 125 Å². The number of nitrogens with zero attached hydrogens (tertiary/aromatic N) is 5. The Kier molecular flexibility index (Phi) is 2.65. The van der Waals surface area contributed by atoms with Crippen molar-refractivity contribution in [1.82, 2.24) is 24.6 Å². The van der Waals surface area contributed by atoms with E-state index in [-0.39, 0.29) is 0 Å². The molecular weight excluding hydrogens is 278 g/mol. The van der Waals surface area contributed by atoms with Crippen LogP contribution in [0.1, 0.15) is 0 Å².